The molecule has 236 valence electrons. The molecule has 2 unspecified atom stereocenters. The van der Waals surface area contributed by atoms with Gasteiger partial charge in [-0.2, -0.15) is 0 Å². The number of aryl methyl sites for hydroxylation is 2. The Hall–Kier alpha value is -3.59. The van der Waals surface area contributed by atoms with E-state index >= 15 is 0 Å². The first-order valence-corrected chi connectivity index (χ1v) is 15.4. The summed E-state index contributed by atoms with van der Waals surface area (Å²) < 4.78 is 5.41. The van der Waals surface area contributed by atoms with E-state index in [2.05, 4.69) is 17.6 Å². The summed E-state index contributed by atoms with van der Waals surface area (Å²) in [5, 5.41) is 5.96. The van der Waals surface area contributed by atoms with Gasteiger partial charge in [0.15, 0.2) is 0 Å². The summed E-state index contributed by atoms with van der Waals surface area (Å²) in [5.74, 6) is -1.58. The maximum Gasteiger partial charge on any atom is 0.408 e. The van der Waals surface area contributed by atoms with Gasteiger partial charge in [0.25, 0.3) is 5.91 Å². The molecule has 0 spiro atoms. The maximum atomic E-state index is 14.3. The van der Waals surface area contributed by atoms with Crippen molar-refractivity contribution >= 4 is 41.1 Å². The molecule has 0 aliphatic rings. The Kier molecular flexibility index (Phi) is 14.0. The van der Waals surface area contributed by atoms with E-state index in [0.29, 0.717) is 22.7 Å². The number of nitrogens with one attached hydrogen (secondary N) is 2. The molecule has 2 atom stereocenters. The lowest BCUT2D eigenvalue weighted by Crippen LogP contribution is -2.52. The third kappa shape index (κ3) is 11.5. The minimum absolute atomic E-state index is 0.0500. The molecule has 4 amide bonds. The van der Waals surface area contributed by atoms with Crippen molar-refractivity contribution in [3.8, 4) is 0 Å². The van der Waals surface area contributed by atoms with Gasteiger partial charge in [-0.15, -0.1) is 0 Å². The predicted octanol–water partition coefficient (Wildman–Crippen LogP) is 6.46. The average Bonchev–Trinajstić information content (AvgIpc) is 2.93. The zero-order chi connectivity index (χ0) is 32.2. The average molecular weight is 615 g/mol. The number of alkyl carbamates (subject to hydrolysis) is 1. The van der Waals surface area contributed by atoms with Gasteiger partial charge in [-0.25, -0.2) is 4.79 Å². The summed E-state index contributed by atoms with van der Waals surface area (Å²) in [4.78, 5) is 54.5. The molecular formula is C33H47ClN4O5. The van der Waals surface area contributed by atoms with Crippen LogP contribution in [0.1, 0.15) is 95.9 Å². The maximum absolute atomic E-state index is 14.3. The van der Waals surface area contributed by atoms with Crippen LogP contribution in [-0.4, -0.2) is 46.9 Å². The number of halogens is 1. The number of carbonyl (C=O) groups is 4. The molecule has 0 aliphatic carbocycles. The van der Waals surface area contributed by atoms with Crippen LogP contribution < -0.4 is 16.4 Å². The highest BCUT2D eigenvalue weighted by Gasteiger charge is 2.36. The summed E-state index contributed by atoms with van der Waals surface area (Å²) in [6.07, 6.45) is 3.25. The van der Waals surface area contributed by atoms with Crippen LogP contribution in [-0.2, 0) is 25.5 Å². The normalized spacial score (nSPS) is 12.6. The molecule has 43 heavy (non-hydrogen) atoms. The first-order valence-electron chi connectivity index (χ1n) is 15.0. The van der Waals surface area contributed by atoms with Gasteiger partial charge < -0.3 is 26.0 Å². The molecule has 9 nitrogen and oxygen atoms in total. The largest absolute Gasteiger partial charge is 0.444 e. The topological polar surface area (TPSA) is 131 Å². The number of unbranched alkanes of at least 4 members (excludes halogenated alkanes) is 3. The van der Waals surface area contributed by atoms with Crippen LogP contribution in [0, 0.1) is 6.92 Å². The number of rotatable bonds is 15. The standard InChI is InChI=1S/C33H47ClN4O5/c1-7-9-10-11-21-38(31(41)26(19-20-27(35)39)36-32(42)43-33(4,5)6)29(24-17-15-23(8-2)16-18-24)30(40)37-28-22(3)13-12-14-25(28)34/h12-18,26,29H,7-11,19-21H2,1-6H3,(H2,35,39)(H,36,42)(H,37,40). The molecule has 4 N–H and O–H groups in total. The van der Waals surface area contributed by atoms with Crippen molar-refractivity contribution in [3.05, 3.63) is 64.2 Å². The van der Waals surface area contributed by atoms with Gasteiger partial charge in [0.2, 0.25) is 11.8 Å². The highest BCUT2D eigenvalue weighted by atomic mass is 35.5. The summed E-state index contributed by atoms with van der Waals surface area (Å²) in [6.45, 7) is 11.3. The smallest absolute Gasteiger partial charge is 0.408 e. The van der Waals surface area contributed by atoms with Gasteiger partial charge in [0, 0.05) is 13.0 Å². The van der Waals surface area contributed by atoms with E-state index in [1.807, 2.05) is 44.2 Å². The summed E-state index contributed by atoms with van der Waals surface area (Å²) in [5.41, 5.74) is 7.53. The van der Waals surface area contributed by atoms with Crippen LogP contribution in [0.15, 0.2) is 42.5 Å². The molecule has 0 aliphatic heterocycles. The van der Waals surface area contributed by atoms with Gasteiger partial charge in [0.1, 0.15) is 17.7 Å². The summed E-state index contributed by atoms with van der Waals surface area (Å²) in [6, 6.07) is 10.7. The second-order valence-electron chi connectivity index (χ2n) is 11.7. The molecule has 0 fully saturated rings. The van der Waals surface area contributed by atoms with Crippen LogP contribution >= 0.6 is 11.6 Å². The number of ether oxygens (including phenoxy) is 1. The molecule has 2 aromatic carbocycles. The minimum Gasteiger partial charge on any atom is -0.444 e. The Labute approximate surface area is 260 Å². The first kappa shape index (κ1) is 35.6. The zero-order valence-electron chi connectivity index (χ0n) is 26.3. The molecule has 0 saturated carbocycles. The number of nitrogens with zero attached hydrogens (tertiary/aromatic N) is 1. The third-order valence-electron chi connectivity index (χ3n) is 6.94. The molecule has 0 bridgehead atoms. The van der Waals surface area contributed by atoms with E-state index in [0.717, 1.165) is 36.8 Å². The van der Waals surface area contributed by atoms with Gasteiger partial charge in [-0.05, 0) is 69.7 Å². The summed E-state index contributed by atoms with van der Waals surface area (Å²) >= 11 is 6.46. The van der Waals surface area contributed by atoms with Crippen LogP contribution in [0.4, 0.5) is 10.5 Å². The number of benzene rings is 2. The van der Waals surface area contributed by atoms with Crippen molar-refractivity contribution in [2.24, 2.45) is 5.73 Å². The number of hydrogen-bond donors (Lipinski definition) is 3. The Balaban J connectivity index is 2.60. The number of para-hydroxylation sites is 1. The van der Waals surface area contributed by atoms with Crippen molar-refractivity contribution < 1.29 is 23.9 Å². The predicted molar refractivity (Wildman–Crippen MR) is 171 cm³/mol. The third-order valence-corrected chi connectivity index (χ3v) is 7.25. The van der Waals surface area contributed by atoms with Crippen molar-refractivity contribution in [2.45, 2.75) is 104 Å². The van der Waals surface area contributed by atoms with Crippen LogP contribution in [0.5, 0.6) is 0 Å². The number of nitrogens with two attached hydrogens (primary N) is 1. The molecule has 10 heteroatoms. The van der Waals surface area contributed by atoms with Crippen molar-refractivity contribution in [1.29, 1.82) is 0 Å². The number of anilines is 1. The van der Waals surface area contributed by atoms with E-state index < -0.39 is 41.5 Å². The molecule has 0 heterocycles. The van der Waals surface area contributed by atoms with E-state index in [1.165, 1.54) is 4.90 Å². The molecular weight excluding hydrogens is 568 g/mol. The SMILES string of the molecule is CCCCCCN(C(=O)C(CCC(N)=O)NC(=O)OC(C)(C)C)C(C(=O)Nc1c(C)cccc1Cl)c1ccc(CC)cc1. The highest BCUT2D eigenvalue weighted by molar-refractivity contribution is 6.34. The highest BCUT2D eigenvalue weighted by Crippen LogP contribution is 2.30. The number of carbonyl (C=O) groups excluding carboxylic acids is 4. The number of hydrogen-bond acceptors (Lipinski definition) is 5. The molecule has 2 aromatic rings. The van der Waals surface area contributed by atoms with E-state index in [-0.39, 0.29) is 19.4 Å². The number of amides is 4. The van der Waals surface area contributed by atoms with Gasteiger partial charge in [0.05, 0.1) is 10.7 Å². The van der Waals surface area contributed by atoms with Crippen LogP contribution in [0.25, 0.3) is 0 Å². The number of primary amides is 1. The molecule has 2 rings (SSSR count). The fourth-order valence-electron chi connectivity index (χ4n) is 4.66. The Bertz CT molecular complexity index is 1220. The lowest BCUT2D eigenvalue weighted by molar-refractivity contribution is -0.141. The van der Waals surface area contributed by atoms with Crippen molar-refractivity contribution in [2.75, 3.05) is 11.9 Å². The Morgan fingerprint density at radius 3 is 2.23 bits per heavy atom. The second-order valence-corrected chi connectivity index (χ2v) is 12.1. The summed E-state index contributed by atoms with van der Waals surface area (Å²) in [7, 11) is 0. The minimum atomic E-state index is -1.15. The molecule has 0 saturated heterocycles. The van der Waals surface area contributed by atoms with Gasteiger partial charge >= 0.3 is 6.09 Å². The van der Waals surface area contributed by atoms with Gasteiger partial charge in [-0.1, -0.05) is 81.1 Å². The fourth-order valence-corrected chi connectivity index (χ4v) is 4.93. The van der Waals surface area contributed by atoms with Crippen LogP contribution in [0.3, 0.4) is 0 Å². The molecule has 0 aromatic heterocycles. The lowest BCUT2D eigenvalue weighted by atomic mass is 9.99. The van der Waals surface area contributed by atoms with Crippen molar-refractivity contribution in [1.82, 2.24) is 10.2 Å². The van der Waals surface area contributed by atoms with Crippen LogP contribution in [0.2, 0.25) is 5.02 Å². The van der Waals surface area contributed by atoms with Crippen molar-refractivity contribution in [3.63, 3.8) is 0 Å². The zero-order valence-corrected chi connectivity index (χ0v) is 27.1. The van der Waals surface area contributed by atoms with E-state index in [4.69, 9.17) is 22.1 Å². The van der Waals surface area contributed by atoms with E-state index in [1.54, 1.807) is 32.9 Å². The lowest BCUT2D eigenvalue weighted by Gasteiger charge is -2.35. The Morgan fingerprint density at radius 2 is 1.67 bits per heavy atom. The Morgan fingerprint density at radius 1 is 1.00 bits per heavy atom. The fraction of sp³-hybridized carbons (Fsp3) is 0.515. The first-order chi connectivity index (χ1) is 20.3. The second kappa shape index (κ2) is 16.9. The molecule has 0 radical (unpaired) electrons. The quantitative estimate of drug-likeness (QED) is 0.198. The van der Waals surface area contributed by atoms with Gasteiger partial charge in [-0.3, -0.25) is 14.4 Å². The van der Waals surface area contributed by atoms with E-state index in [9.17, 15) is 19.2 Å². The monoisotopic (exact) mass is 614 g/mol.